The van der Waals surface area contributed by atoms with Gasteiger partial charge in [-0.15, -0.1) is 11.3 Å². The molecule has 2 aromatic rings. The van der Waals surface area contributed by atoms with Crippen LogP contribution in [-0.2, 0) is 27.4 Å². The van der Waals surface area contributed by atoms with Gasteiger partial charge in [0, 0.05) is 10.4 Å². The molecule has 1 aliphatic rings. The highest BCUT2D eigenvalue weighted by molar-refractivity contribution is 7.92. The molecule has 0 atom stereocenters. The molecule has 31 heavy (non-hydrogen) atoms. The van der Waals surface area contributed by atoms with E-state index in [0.717, 1.165) is 36.8 Å². The Morgan fingerprint density at radius 3 is 2.48 bits per heavy atom. The summed E-state index contributed by atoms with van der Waals surface area (Å²) in [6.45, 7) is 3.15. The molecule has 1 heterocycles. The molecule has 0 spiro atoms. The Kier molecular flexibility index (Phi) is 6.80. The molecule has 8 nitrogen and oxygen atoms in total. The standard InChI is InChI=1S/C21H24N2O6S2/c1-12(2)31(27,28)14-8-6-7-13(11-14)18(24)22-20-17(19(25)23-21(26)29-3)15-9-4-5-10-16(15)30-20/h6-8,11-12H,4-5,9-10H2,1-3H3,(H,22,24)(H,23,25,26). The van der Waals surface area contributed by atoms with E-state index >= 15 is 0 Å². The fraction of sp³-hybridized carbons (Fsp3) is 0.381. The van der Waals surface area contributed by atoms with Gasteiger partial charge in [0.2, 0.25) is 0 Å². The SMILES string of the molecule is COC(=O)NC(=O)c1c(NC(=O)c2cccc(S(=O)(=O)C(C)C)c2)sc2c1CCCC2. The Labute approximate surface area is 184 Å². The molecule has 0 radical (unpaired) electrons. The van der Waals surface area contributed by atoms with Crippen LogP contribution >= 0.6 is 11.3 Å². The summed E-state index contributed by atoms with van der Waals surface area (Å²) in [5.41, 5.74) is 1.24. The molecule has 2 N–H and O–H groups in total. The Morgan fingerprint density at radius 1 is 1.10 bits per heavy atom. The smallest absolute Gasteiger partial charge is 0.413 e. The summed E-state index contributed by atoms with van der Waals surface area (Å²) in [6, 6.07) is 5.79. The van der Waals surface area contributed by atoms with Crippen molar-refractivity contribution in [3.05, 3.63) is 45.8 Å². The molecule has 1 aromatic heterocycles. The first-order valence-corrected chi connectivity index (χ1v) is 12.2. The summed E-state index contributed by atoms with van der Waals surface area (Å²) in [7, 11) is -2.38. The van der Waals surface area contributed by atoms with Gasteiger partial charge in [-0.3, -0.25) is 14.9 Å². The number of anilines is 1. The number of carbonyl (C=O) groups is 3. The van der Waals surface area contributed by atoms with Crippen LogP contribution in [0.3, 0.4) is 0 Å². The Morgan fingerprint density at radius 2 is 1.81 bits per heavy atom. The zero-order chi connectivity index (χ0) is 22.8. The van der Waals surface area contributed by atoms with Crippen LogP contribution in [0.4, 0.5) is 9.80 Å². The number of ether oxygens (including phenoxy) is 1. The summed E-state index contributed by atoms with van der Waals surface area (Å²) in [5, 5.41) is 4.60. The molecule has 0 saturated carbocycles. The molecule has 166 valence electrons. The van der Waals surface area contributed by atoms with Crippen molar-refractivity contribution >= 4 is 44.1 Å². The fourth-order valence-electron chi connectivity index (χ4n) is 3.36. The van der Waals surface area contributed by atoms with Gasteiger partial charge in [0.25, 0.3) is 11.8 Å². The fourth-order valence-corrected chi connectivity index (χ4v) is 5.75. The maximum absolute atomic E-state index is 12.9. The van der Waals surface area contributed by atoms with Gasteiger partial charge in [-0.1, -0.05) is 6.07 Å². The van der Waals surface area contributed by atoms with E-state index in [0.29, 0.717) is 11.4 Å². The molecule has 10 heteroatoms. The van der Waals surface area contributed by atoms with Gasteiger partial charge in [0.15, 0.2) is 9.84 Å². The number of thiophene rings is 1. The number of nitrogens with one attached hydrogen (secondary N) is 2. The number of imide groups is 1. The number of hydrogen-bond donors (Lipinski definition) is 2. The van der Waals surface area contributed by atoms with Crippen LogP contribution in [0.1, 0.15) is 57.8 Å². The van der Waals surface area contributed by atoms with Gasteiger partial charge in [-0.2, -0.15) is 0 Å². The summed E-state index contributed by atoms with van der Waals surface area (Å²) in [5.74, 6) is -1.18. The lowest BCUT2D eigenvalue weighted by molar-refractivity contribution is 0.0937. The Hall–Kier alpha value is -2.72. The molecule has 3 amide bonds. The van der Waals surface area contributed by atoms with Gasteiger partial charge >= 0.3 is 6.09 Å². The predicted octanol–water partition coefficient (Wildman–Crippen LogP) is 3.56. The number of benzene rings is 1. The van der Waals surface area contributed by atoms with Crippen molar-refractivity contribution in [2.75, 3.05) is 12.4 Å². The van der Waals surface area contributed by atoms with Crippen molar-refractivity contribution in [1.82, 2.24) is 5.32 Å². The van der Waals surface area contributed by atoms with Crippen molar-refractivity contribution < 1.29 is 27.5 Å². The summed E-state index contributed by atoms with van der Waals surface area (Å²) in [4.78, 5) is 38.2. The third kappa shape index (κ3) is 4.80. The lowest BCUT2D eigenvalue weighted by Crippen LogP contribution is -2.31. The molecular weight excluding hydrogens is 440 g/mol. The van der Waals surface area contributed by atoms with Gasteiger partial charge in [0.05, 0.1) is 22.8 Å². The topological polar surface area (TPSA) is 119 Å². The predicted molar refractivity (Wildman–Crippen MR) is 118 cm³/mol. The molecule has 0 saturated heterocycles. The van der Waals surface area contributed by atoms with E-state index < -0.39 is 33.0 Å². The number of methoxy groups -OCH3 is 1. The van der Waals surface area contributed by atoms with Gasteiger partial charge in [-0.25, -0.2) is 13.2 Å². The second kappa shape index (κ2) is 9.19. The van der Waals surface area contributed by atoms with Crippen LogP contribution in [0.2, 0.25) is 0 Å². The third-order valence-corrected chi connectivity index (χ3v) is 8.43. The second-order valence-corrected chi connectivity index (χ2v) is 11.0. The average molecular weight is 465 g/mol. The number of hydrogen-bond acceptors (Lipinski definition) is 7. The van der Waals surface area contributed by atoms with E-state index in [1.807, 2.05) is 0 Å². The van der Waals surface area contributed by atoms with Crippen molar-refractivity contribution in [1.29, 1.82) is 0 Å². The highest BCUT2D eigenvalue weighted by Gasteiger charge is 2.28. The minimum absolute atomic E-state index is 0.0595. The van der Waals surface area contributed by atoms with Gasteiger partial charge < -0.3 is 10.1 Å². The molecule has 0 bridgehead atoms. The van der Waals surface area contributed by atoms with Crippen LogP contribution in [0.15, 0.2) is 29.2 Å². The lowest BCUT2D eigenvalue weighted by Gasteiger charge is -2.13. The van der Waals surface area contributed by atoms with E-state index in [4.69, 9.17) is 0 Å². The zero-order valence-electron chi connectivity index (χ0n) is 17.5. The van der Waals surface area contributed by atoms with Crippen LogP contribution in [0.25, 0.3) is 0 Å². The van der Waals surface area contributed by atoms with Gasteiger partial charge in [0.1, 0.15) is 5.00 Å². The van der Waals surface area contributed by atoms with Gasteiger partial charge in [-0.05, 0) is 63.3 Å². The van der Waals surface area contributed by atoms with E-state index in [2.05, 4.69) is 15.4 Å². The Bertz CT molecular complexity index is 1130. The molecule has 0 unspecified atom stereocenters. The highest BCUT2D eigenvalue weighted by atomic mass is 32.2. The van der Waals surface area contributed by atoms with E-state index in [-0.39, 0.29) is 16.0 Å². The Balaban J connectivity index is 1.94. The monoisotopic (exact) mass is 464 g/mol. The summed E-state index contributed by atoms with van der Waals surface area (Å²) < 4.78 is 29.4. The normalized spacial score (nSPS) is 13.4. The average Bonchev–Trinajstić information content (AvgIpc) is 3.11. The number of fused-ring (bicyclic) bond motifs is 1. The highest BCUT2D eigenvalue weighted by Crippen LogP contribution is 2.38. The van der Waals surface area contributed by atoms with E-state index in [9.17, 15) is 22.8 Å². The number of alkyl carbamates (subject to hydrolysis) is 1. The van der Waals surface area contributed by atoms with Crippen molar-refractivity contribution in [2.24, 2.45) is 0 Å². The van der Waals surface area contributed by atoms with Crippen LogP contribution < -0.4 is 10.6 Å². The molecule has 1 aliphatic carbocycles. The first kappa shape index (κ1) is 23.0. The number of sulfone groups is 1. The lowest BCUT2D eigenvalue weighted by atomic mass is 9.95. The molecule has 3 rings (SSSR count). The minimum atomic E-state index is -3.54. The first-order valence-electron chi connectivity index (χ1n) is 9.84. The molecular formula is C21H24N2O6S2. The van der Waals surface area contributed by atoms with E-state index in [1.165, 1.54) is 35.6 Å². The van der Waals surface area contributed by atoms with Crippen LogP contribution in [0, 0.1) is 0 Å². The third-order valence-electron chi connectivity index (χ3n) is 5.07. The van der Waals surface area contributed by atoms with Crippen molar-refractivity contribution in [3.8, 4) is 0 Å². The van der Waals surface area contributed by atoms with Crippen LogP contribution in [-0.4, -0.2) is 38.7 Å². The molecule has 0 fully saturated rings. The molecule has 1 aromatic carbocycles. The summed E-state index contributed by atoms with van der Waals surface area (Å²) >= 11 is 1.30. The first-order chi connectivity index (χ1) is 14.6. The quantitative estimate of drug-likeness (QED) is 0.698. The van der Waals surface area contributed by atoms with Crippen LogP contribution in [0.5, 0.6) is 0 Å². The number of amides is 3. The number of carbonyl (C=O) groups excluding carboxylic acids is 3. The minimum Gasteiger partial charge on any atom is -0.453 e. The largest absolute Gasteiger partial charge is 0.453 e. The number of rotatable bonds is 5. The van der Waals surface area contributed by atoms with Crippen molar-refractivity contribution in [3.63, 3.8) is 0 Å². The van der Waals surface area contributed by atoms with E-state index in [1.54, 1.807) is 13.8 Å². The second-order valence-electron chi connectivity index (χ2n) is 7.44. The maximum atomic E-state index is 12.9. The number of aryl methyl sites for hydroxylation is 1. The zero-order valence-corrected chi connectivity index (χ0v) is 19.1. The van der Waals surface area contributed by atoms with Crippen molar-refractivity contribution in [2.45, 2.75) is 49.7 Å². The molecule has 0 aliphatic heterocycles. The summed E-state index contributed by atoms with van der Waals surface area (Å²) in [6.07, 6.45) is 2.47. The maximum Gasteiger partial charge on any atom is 0.413 e.